The van der Waals surface area contributed by atoms with Crippen molar-refractivity contribution in [3.8, 4) is 11.5 Å². The van der Waals surface area contributed by atoms with E-state index in [0.29, 0.717) is 6.42 Å². The van der Waals surface area contributed by atoms with Crippen LogP contribution in [0.1, 0.15) is 52.8 Å². The van der Waals surface area contributed by atoms with Crippen LogP contribution in [0, 0.1) is 0 Å². The number of thioether (sulfide) groups is 1. The van der Waals surface area contributed by atoms with Crippen molar-refractivity contribution in [2.24, 2.45) is 20.9 Å². The summed E-state index contributed by atoms with van der Waals surface area (Å²) in [6.07, 6.45) is 0.373. The molecule has 4 amide bonds. The van der Waals surface area contributed by atoms with Gasteiger partial charge in [0.2, 0.25) is 11.4 Å². The number of hydrogen-bond acceptors (Lipinski definition) is 16. The van der Waals surface area contributed by atoms with Gasteiger partial charge in [0.05, 0.1) is 21.3 Å². The normalized spacial score (nSPS) is 21.4. The first-order valence-electron chi connectivity index (χ1n) is 15.0. The number of nitrogens with one attached hydrogen (secondary N) is 1. The van der Waals surface area contributed by atoms with Crippen molar-refractivity contribution in [2.45, 2.75) is 43.9 Å². The van der Waals surface area contributed by atoms with Gasteiger partial charge in [-0.2, -0.15) is 8.42 Å². The minimum absolute atomic E-state index is 0.0228. The molecule has 53 heavy (non-hydrogen) atoms. The minimum atomic E-state index is -5.21. The fourth-order valence-electron chi connectivity index (χ4n) is 5.13. The monoisotopic (exact) mass is 818 g/mol. The van der Waals surface area contributed by atoms with Crippen LogP contribution < -0.4 is 11.1 Å². The lowest BCUT2D eigenvalue weighted by Crippen LogP contribution is -2.67. The van der Waals surface area contributed by atoms with Crippen LogP contribution in [-0.2, 0) is 29.5 Å². The second-order valence-corrected chi connectivity index (χ2v) is 15.2. The highest BCUT2D eigenvalue weighted by molar-refractivity contribution is 8.14. The van der Waals surface area contributed by atoms with Gasteiger partial charge in [-0.3, -0.25) is 28.7 Å². The molecule has 21 nitrogen and oxygen atoms in total. The minimum Gasteiger partial charge on any atom is -0.503 e. The summed E-state index contributed by atoms with van der Waals surface area (Å²) in [6.45, 7) is 1.88. The first-order chi connectivity index (χ1) is 24.7. The largest absolute Gasteiger partial charge is 0.503 e. The second kappa shape index (κ2) is 14.8. The number of likely N-dealkylation sites (tertiary alicyclic amines) is 1. The van der Waals surface area contributed by atoms with E-state index in [0.717, 1.165) is 31.7 Å². The van der Waals surface area contributed by atoms with Gasteiger partial charge in [0.15, 0.2) is 22.4 Å². The molecule has 3 atom stereocenters. The zero-order valence-electron chi connectivity index (χ0n) is 27.2. The summed E-state index contributed by atoms with van der Waals surface area (Å²) in [5.41, 5.74) is 2.62. The Morgan fingerprint density at radius 3 is 2.53 bits per heavy atom. The van der Waals surface area contributed by atoms with Crippen LogP contribution in [0.2, 0.25) is 10.0 Å². The average Bonchev–Trinajstić information content (AvgIpc) is 3.86. The van der Waals surface area contributed by atoms with Gasteiger partial charge in [0.25, 0.3) is 23.6 Å². The molecule has 7 N–H and O–H groups in total. The third-order valence-corrected chi connectivity index (χ3v) is 10.6. The number of phenols is 2. The van der Waals surface area contributed by atoms with Crippen LogP contribution in [0.25, 0.3) is 0 Å². The lowest BCUT2D eigenvalue weighted by Gasteiger charge is -2.37. The Morgan fingerprint density at radius 1 is 1.21 bits per heavy atom. The van der Waals surface area contributed by atoms with Crippen molar-refractivity contribution >= 4 is 91.5 Å². The zero-order valence-corrected chi connectivity index (χ0v) is 30.4. The van der Waals surface area contributed by atoms with E-state index in [4.69, 9.17) is 38.3 Å². The van der Waals surface area contributed by atoms with E-state index in [1.165, 1.54) is 11.0 Å². The number of hydrogen-bond donors (Lipinski definition) is 6. The summed E-state index contributed by atoms with van der Waals surface area (Å²) in [7, 11) is -5.21. The maximum atomic E-state index is 13.3. The average molecular weight is 820 g/mol. The molecule has 3 aliphatic heterocycles. The van der Waals surface area contributed by atoms with E-state index >= 15 is 0 Å². The van der Waals surface area contributed by atoms with Gasteiger partial charge in [0, 0.05) is 37.4 Å². The van der Waals surface area contributed by atoms with Crippen LogP contribution in [0.3, 0.4) is 0 Å². The smallest absolute Gasteiger partial charge is 0.363 e. The summed E-state index contributed by atoms with van der Waals surface area (Å²) < 4.78 is 38.8. The fraction of sp³-hybridized carbons (Fsp3) is 0.393. The van der Waals surface area contributed by atoms with Crippen molar-refractivity contribution in [1.82, 2.24) is 19.7 Å². The highest BCUT2D eigenvalue weighted by Crippen LogP contribution is 2.42. The maximum absolute atomic E-state index is 13.3. The Labute approximate surface area is 312 Å². The van der Waals surface area contributed by atoms with E-state index < -0.39 is 98.0 Å². The molecule has 2 fully saturated rings. The number of β-lactam (4-membered cyclic amide) rings is 1. The summed E-state index contributed by atoms with van der Waals surface area (Å²) in [4.78, 5) is 77.7. The summed E-state index contributed by atoms with van der Waals surface area (Å²) in [6, 6.07) is -0.383. The molecule has 0 radical (unpaired) electrons. The highest BCUT2D eigenvalue weighted by Gasteiger charge is 2.51. The standard InChI is InChI=1S/C28H28Cl2N8O13S2/c1-28(2,26(45)46)51-36-18(14-9-52-27(31)33-14)23(42)34-19-15(38(25(19)44)53(47,48)49)7-32-22(41)16-6-13(35-50-16)10-3-4-37(8-10)24(43)11-5-12(29)20(39)21(40)17(11)30/h5-6,10,14-15,39-40H,3-4,7-9H2,1-2H3,(H2,31,33)(H,32,41)(H,45,46)(H,47,48,49)/b34-19?,36-18-/t10-,14?,15+/m1/s1. The molecule has 0 aliphatic carbocycles. The molecule has 1 aromatic heterocycles. The van der Waals surface area contributed by atoms with E-state index in [1.54, 1.807) is 0 Å². The molecular formula is C28H28Cl2N8O13S2. The Morgan fingerprint density at radius 2 is 1.91 bits per heavy atom. The van der Waals surface area contributed by atoms with E-state index in [2.05, 4.69) is 25.6 Å². The number of oxime groups is 1. The number of halogens is 2. The maximum Gasteiger partial charge on any atom is 0.363 e. The molecular weight excluding hydrogens is 791 g/mol. The fourth-order valence-corrected chi connectivity index (χ4v) is 7.12. The Balaban J connectivity index is 1.29. The Hall–Kier alpha value is -4.97. The number of amidine groups is 1. The number of carbonyl (C=O) groups is 5. The van der Waals surface area contributed by atoms with E-state index in [-0.39, 0.29) is 50.4 Å². The summed E-state index contributed by atoms with van der Waals surface area (Å²) in [5, 5.41) is 38.3. The number of carboxylic acids is 1. The predicted octanol–water partition coefficient (Wildman–Crippen LogP) is 0.399. The number of carbonyl (C=O) groups excluding carboxylic acids is 4. The molecule has 0 spiro atoms. The molecule has 0 bridgehead atoms. The van der Waals surface area contributed by atoms with Crippen molar-refractivity contribution < 1.29 is 61.6 Å². The molecule has 1 aromatic carbocycles. The number of aliphatic carboxylic acids is 1. The Bertz CT molecular complexity index is 2120. The van der Waals surface area contributed by atoms with E-state index in [1.807, 2.05) is 0 Å². The molecule has 284 valence electrons. The number of phenolic OH excluding ortho intramolecular Hbond substituents is 2. The number of carboxylic acid groups (broad SMARTS) is 1. The van der Waals surface area contributed by atoms with Gasteiger partial charge in [0.1, 0.15) is 17.8 Å². The third-order valence-electron chi connectivity index (χ3n) is 8.08. The first kappa shape index (κ1) is 39.2. The van der Waals surface area contributed by atoms with Gasteiger partial charge in [-0.25, -0.2) is 14.1 Å². The van der Waals surface area contributed by atoms with E-state index in [9.17, 15) is 52.3 Å². The molecule has 1 unspecified atom stereocenters. The van der Waals surface area contributed by atoms with Crippen molar-refractivity contribution in [2.75, 3.05) is 25.4 Å². The van der Waals surface area contributed by atoms with Crippen LogP contribution in [0.5, 0.6) is 11.5 Å². The molecule has 25 heteroatoms. The van der Waals surface area contributed by atoms with Crippen LogP contribution in [0.15, 0.2) is 31.8 Å². The number of nitrogens with two attached hydrogens (primary N) is 1. The van der Waals surface area contributed by atoms with Gasteiger partial charge >= 0.3 is 16.3 Å². The number of aromatic nitrogens is 1. The van der Waals surface area contributed by atoms with Crippen molar-refractivity contribution in [3.05, 3.63) is 39.2 Å². The first-order valence-corrected chi connectivity index (χ1v) is 18.2. The number of aliphatic imine (C=N–C) groups is 2. The lowest BCUT2D eigenvalue weighted by molar-refractivity contribution is -0.161. The van der Waals surface area contributed by atoms with Crippen molar-refractivity contribution in [1.29, 1.82) is 0 Å². The molecule has 2 saturated heterocycles. The Kier molecular flexibility index (Phi) is 11.0. The summed E-state index contributed by atoms with van der Waals surface area (Å²) >= 11 is 13.0. The van der Waals surface area contributed by atoms with Crippen LogP contribution >= 0.6 is 35.0 Å². The number of benzene rings is 1. The van der Waals surface area contributed by atoms with Gasteiger partial charge in [-0.15, -0.1) is 0 Å². The molecule has 3 aliphatic rings. The van der Waals surface area contributed by atoms with Crippen LogP contribution in [0.4, 0.5) is 0 Å². The number of nitrogens with zero attached hydrogens (tertiary/aromatic N) is 6. The molecule has 2 aromatic rings. The van der Waals surface area contributed by atoms with Crippen LogP contribution in [-0.4, -0.2) is 132 Å². The lowest BCUT2D eigenvalue weighted by atomic mass is 10.0. The number of aromatic hydroxyl groups is 2. The third kappa shape index (κ3) is 8.02. The zero-order chi connectivity index (χ0) is 39.2. The SMILES string of the molecule is CC(C)(O/N=C(\C(=O)N=C1C(=O)N(S(=O)(=O)O)[C@H]1CNC(=O)c1cc([C@@H]2CCN(C(=O)c3cc(Cl)c(O)c(O)c3Cl)C2)no1)C1CSC(N)=N1)C(=O)O. The van der Waals surface area contributed by atoms with Gasteiger partial charge in [-0.05, 0) is 26.3 Å². The topological polar surface area (TPSA) is 317 Å². The second-order valence-electron chi connectivity index (χ2n) is 12.1. The molecule has 0 saturated carbocycles. The van der Waals surface area contributed by atoms with Gasteiger partial charge < -0.3 is 40.6 Å². The number of amides is 4. The predicted molar refractivity (Wildman–Crippen MR) is 185 cm³/mol. The van der Waals surface area contributed by atoms with Gasteiger partial charge in [-0.1, -0.05) is 45.3 Å². The molecule has 4 heterocycles. The highest BCUT2D eigenvalue weighted by atomic mass is 35.5. The number of rotatable bonds is 11. The van der Waals surface area contributed by atoms with Crippen molar-refractivity contribution in [3.63, 3.8) is 0 Å². The quantitative estimate of drug-likeness (QED) is 0.0588. The molecule has 5 rings (SSSR count). The summed E-state index contributed by atoms with van der Waals surface area (Å²) in [5.74, 6) is -7.78.